The van der Waals surface area contributed by atoms with E-state index in [9.17, 15) is 0 Å². The number of hydrogen-bond donors (Lipinski definition) is 0. The molecule has 0 saturated carbocycles. The first-order valence-electron chi connectivity index (χ1n) is 14.4. The van der Waals surface area contributed by atoms with Crippen LogP contribution in [0.2, 0.25) is 0 Å². The summed E-state index contributed by atoms with van der Waals surface area (Å²) in [6.45, 7) is 0. The number of nitrogens with zero attached hydrogens (tertiary/aromatic N) is 3. The smallest absolute Gasteiger partial charge is 0.236 e. The highest BCUT2D eigenvalue weighted by atomic mass is 32.1. The van der Waals surface area contributed by atoms with Crippen LogP contribution in [-0.4, -0.2) is 14.5 Å². The molecule has 200 valence electrons. The maximum absolute atomic E-state index is 5.43. The average Bonchev–Trinajstić information content (AvgIpc) is 3.74. The Labute approximate surface area is 253 Å². The van der Waals surface area contributed by atoms with Crippen LogP contribution in [-0.2, 0) is 0 Å². The van der Waals surface area contributed by atoms with Gasteiger partial charge in [0.2, 0.25) is 5.95 Å². The first-order chi connectivity index (χ1) is 21.3. The van der Waals surface area contributed by atoms with Crippen molar-refractivity contribution in [1.29, 1.82) is 0 Å². The molecule has 0 fully saturated rings. The van der Waals surface area contributed by atoms with E-state index in [2.05, 4.69) is 132 Å². The van der Waals surface area contributed by atoms with Gasteiger partial charge < -0.3 is 0 Å². The molecule has 0 amide bonds. The number of benzene rings is 6. The molecule has 10 aromatic rings. The van der Waals surface area contributed by atoms with Gasteiger partial charge in [-0.3, -0.25) is 4.57 Å². The van der Waals surface area contributed by atoms with Gasteiger partial charge in [-0.1, -0.05) is 109 Å². The summed E-state index contributed by atoms with van der Waals surface area (Å²) in [7, 11) is 0. The molecule has 0 bridgehead atoms. The highest BCUT2D eigenvalue weighted by Gasteiger charge is 2.24. The number of hydrogen-bond acceptors (Lipinski definition) is 4. The number of rotatable bonds is 2. The van der Waals surface area contributed by atoms with Gasteiger partial charge in [0.05, 0.1) is 16.7 Å². The largest absolute Gasteiger partial charge is 0.277 e. The molecule has 0 aliphatic carbocycles. The van der Waals surface area contributed by atoms with Crippen LogP contribution < -0.4 is 0 Å². The summed E-state index contributed by atoms with van der Waals surface area (Å²) >= 11 is 3.62. The highest BCUT2D eigenvalue weighted by molar-refractivity contribution is 7.27. The Bertz CT molecular complexity index is 2730. The first-order valence-corrected chi connectivity index (χ1v) is 16.0. The molecule has 0 saturated heterocycles. The Morgan fingerprint density at radius 1 is 0.465 bits per heavy atom. The maximum Gasteiger partial charge on any atom is 0.236 e. The van der Waals surface area contributed by atoms with Crippen LogP contribution in [0.25, 0.3) is 90.3 Å². The van der Waals surface area contributed by atoms with Gasteiger partial charge in [-0.15, -0.1) is 22.7 Å². The van der Waals surface area contributed by atoms with Gasteiger partial charge in [0, 0.05) is 57.4 Å². The number of para-hydroxylation sites is 1. The Morgan fingerprint density at radius 2 is 1.07 bits per heavy atom. The van der Waals surface area contributed by atoms with Crippen LogP contribution in [0.3, 0.4) is 0 Å². The predicted molar refractivity (Wildman–Crippen MR) is 185 cm³/mol. The van der Waals surface area contributed by atoms with Crippen LogP contribution in [0.15, 0.2) is 127 Å². The molecule has 4 heterocycles. The van der Waals surface area contributed by atoms with Crippen molar-refractivity contribution in [3.63, 3.8) is 0 Å². The third-order valence-corrected chi connectivity index (χ3v) is 10.9. The monoisotopic (exact) mass is 583 g/mol. The molecular formula is C38H21N3S2. The van der Waals surface area contributed by atoms with Crippen LogP contribution in [0.4, 0.5) is 0 Å². The summed E-state index contributed by atoms with van der Waals surface area (Å²) in [6.07, 6.45) is 0. The van der Waals surface area contributed by atoms with Gasteiger partial charge in [0.25, 0.3) is 0 Å². The molecule has 6 aromatic carbocycles. The van der Waals surface area contributed by atoms with Crippen LogP contribution in [0, 0.1) is 0 Å². The summed E-state index contributed by atoms with van der Waals surface area (Å²) in [5, 5.41) is 9.93. The Kier molecular flexibility index (Phi) is 4.75. The summed E-state index contributed by atoms with van der Waals surface area (Å²) in [6, 6.07) is 45.5. The van der Waals surface area contributed by atoms with Crippen molar-refractivity contribution in [2.24, 2.45) is 0 Å². The standard InChI is InChI=1S/C38H21N3S2/c1-2-12-22(13-3-1)34-32-27-18-8-11-21-30(27)43-37(32)40-38(39-34)41-28-19-9-6-16-25(28)33-35(41)24-15-5-4-14-23(24)31-26-17-7-10-20-29(26)42-36(31)33/h1-21H. The molecule has 43 heavy (non-hydrogen) atoms. The lowest BCUT2D eigenvalue weighted by molar-refractivity contribution is 1.02. The highest BCUT2D eigenvalue weighted by Crippen LogP contribution is 2.48. The van der Waals surface area contributed by atoms with Crippen molar-refractivity contribution in [3.8, 4) is 17.2 Å². The van der Waals surface area contributed by atoms with Crippen LogP contribution in [0.1, 0.15) is 0 Å². The van der Waals surface area contributed by atoms with Crippen molar-refractivity contribution >= 4 is 95.7 Å². The molecule has 0 N–H and O–H groups in total. The van der Waals surface area contributed by atoms with Crippen molar-refractivity contribution < 1.29 is 0 Å². The topological polar surface area (TPSA) is 30.7 Å². The van der Waals surface area contributed by atoms with Gasteiger partial charge in [-0.05, 0) is 23.6 Å². The molecule has 10 rings (SSSR count). The predicted octanol–water partition coefficient (Wildman–Crippen LogP) is 11.1. The molecule has 0 unspecified atom stereocenters. The van der Waals surface area contributed by atoms with Crippen molar-refractivity contribution in [1.82, 2.24) is 14.5 Å². The van der Waals surface area contributed by atoms with E-state index in [1.165, 1.54) is 51.8 Å². The van der Waals surface area contributed by atoms with E-state index >= 15 is 0 Å². The lowest BCUT2D eigenvalue weighted by Gasteiger charge is -2.12. The molecular weight excluding hydrogens is 563 g/mol. The average molecular weight is 584 g/mol. The minimum absolute atomic E-state index is 0.703. The third kappa shape index (κ3) is 3.18. The fraction of sp³-hybridized carbons (Fsp3) is 0. The van der Waals surface area contributed by atoms with Gasteiger partial charge in [0.1, 0.15) is 4.83 Å². The van der Waals surface area contributed by atoms with E-state index in [0.29, 0.717) is 5.95 Å². The molecule has 0 spiro atoms. The quantitative estimate of drug-likeness (QED) is 0.203. The minimum atomic E-state index is 0.703. The minimum Gasteiger partial charge on any atom is -0.277 e. The second-order valence-electron chi connectivity index (χ2n) is 10.9. The van der Waals surface area contributed by atoms with Crippen LogP contribution in [0.5, 0.6) is 0 Å². The maximum atomic E-state index is 5.43. The summed E-state index contributed by atoms with van der Waals surface area (Å²) in [4.78, 5) is 11.8. The molecule has 5 heteroatoms. The van der Waals surface area contributed by atoms with E-state index < -0.39 is 0 Å². The fourth-order valence-electron chi connectivity index (χ4n) is 6.85. The molecule has 4 aromatic heterocycles. The second-order valence-corrected chi connectivity index (χ2v) is 13.0. The third-order valence-electron chi connectivity index (χ3n) is 8.62. The van der Waals surface area contributed by atoms with Crippen LogP contribution >= 0.6 is 22.7 Å². The molecule has 0 aliphatic heterocycles. The van der Waals surface area contributed by atoms with Crippen molar-refractivity contribution in [2.45, 2.75) is 0 Å². The molecule has 0 radical (unpaired) electrons. The van der Waals surface area contributed by atoms with E-state index in [-0.39, 0.29) is 0 Å². The van der Waals surface area contributed by atoms with E-state index in [4.69, 9.17) is 9.97 Å². The SMILES string of the molecule is c1ccc(-c2nc(-n3c4ccccc4c4c5sc6ccccc6c5c5ccccc5c43)nc3sc4ccccc4c23)cc1. The van der Waals surface area contributed by atoms with Gasteiger partial charge in [0.15, 0.2) is 0 Å². The lowest BCUT2D eigenvalue weighted by Crippen LogP contribution is -2.03. The zero-order valence-electron chi connectivity index (χ0n) is 22.8. The normalized spacial score (nSPS) is 12.2. The van der Waals surface area contributed by atoms with Crippen molar-refractivity contribution in [3.05, 3.63) is 127 Å². The summed E-state index contributed by atoms with van der Waals surface area (Å²) < 4.78 is 6.16. The zero-order valence-corrected chi connectivity index (χ0v) is 24.4. The van der Waals surface area contributed by atoms with Gasteiger partial charge in [-0.2, -0.15) is 0 Å². The Balaban J connectivity index is 1.44. The molecule has 0 aliphatic rings. The lowest BCUT2D eigenvalue weighted by atomic mass is 10.00. The van der Waals surface area contributed by atoms with E-state index in [0.717, 1.165) is 32.5 Å². The molecule has 3 nitrogen and oxygen atoms in total. The molecule has 0 atom stereocenters. The first kappa shape index (κ1) is 23.5. The summed E-state index contributed by atoms with van der Waals surface area (Å²) in [5.74, 6) is 0.703. The van der Waals surface area contributed by atoms with E-state index in [1.54, 1.807) is 11.3 Å². The van der Waals surface area contributed by atoms with Gasteiger partial charge >= 0.3 is 0 Å². The zero-order chi connectivity index (χ0) is 28.1. The Hall–Kier alpha value is -5.10. The number of fused-ring (bicyclic) bond motifs is 13. The number of aromatic nitrogens is 3. The van der Waals surface area contributed by atoms with Crippen molar-refractivity contribution in [2.75, 3.05) is 0 Å². The summed E-state index contributed by atoms with van der Waals surface area (Å²) in [5.41, 5.74) is 4.34. The second kappa shape index (κ2) is 8.71. The fourth-order valence-corrected chi connectivity index (χ4v) is 9.19. The number of thiophene rings is 2. The Morgan fingerprint density at radius 3 is 1.86 bits per heavy atom. The van der Waals surface area contributed by atoms with E-state index in [1.807, 2.05) is 11.3 Å². The van der Waals surface area contributed by atoms with Gasteiger partial charge in [-0.25, -0.2) is 9.97 Å².